The van der Waals surface area contributed by atoms with Crippen molar-refractivity contribution in [2.24, 2.45) is 5.41 Å². The van der Waals surface area contributed by atoms with E-state index in [9.17, 15) is 0 Å². The summed E-state index contributed by atoms with van der Waals surface area (Å²) < 4.78 is 38.4. The summed E-state index contributed by atoms with van der Waals surface area (Å²) in [5.41, 5.74) is 3.35. The topological polar surface area (TPSA) is 78.0 Å². The van der Waals surface area contributed by atoms with Crippen molar-refractivity contribution in [3.8, 4) is 23.1 Å². The number of hydrogen-bond acceptors (Lipinski definition) is 8. The standard InChI is InChI=1S/C28H31FN4O4/c1-18-4-5-19-21(32-18)6-7-23(26(19)29)37-27-20-12-24(34-2)25(13-22(20)30-17-31-27)36-10-3-9-33-14-28(15-33)8-11-35-16-28/h4,6-7,12-13,17,32H,3,5,8-11,14-16H2,1-2H3. The van der Waals surface area contributed by atoms with Crippen molar-refractivity contribution in [3.63, 3.8) is 0 Å². The van der Waals surface area contributed by atoms with E-state index >= 15 is 4.39 Å². The minimum atomic E-state index is -0.402. The van der Waals surface area contributed by atoms with Gasteiger partial charge in [0.1, 0.15) is 6.33 Å². The van der Waals surface area contributed by atoms with Gasteiger partial charge in [-0.05, 0) is 44.4 Å². The van der Waals surface area contributed by atoms with E-state index in [4.69, 9.17) is 18.9 Å². The van der Waals surface area contributed by atoms with Crippen LogP contribution in [0.15, 0.2) is 42.4 Å². The van der Waals surface area contributed by atoms with Crippen molar-refractivity contribution in [3.05, 3.63) is 53.7 Å². The van der Waals surface area contributed by atoms with E-state index in [0.717, 1.165) is 50.7 Å². The third-order valence-electron chi connectivity index (χ3n) is 7.42. The summed E-state index contributed by atoms with van der Waals surface area (Å²) in [6, 6.07) is 7.03. The molecule has 2 fully saturated rings. The van der Waals surface area contributed by atoms with Crippen LogP contribution in [0.2, 0.25) is 0 Å². The minimum Gasteiger partial charge on any atom is -0.493 e. The van der Waals surface area contributed by atoms with Gasteiger partial charge >= 0.3 is 0 Å². The Hall–Kier alpha value is -3.43. The van der Waals surface area contributed by atoms with Gasteiger partial charge in [0.2, 0.25) is 5.88 Å². The molecule has 194 valence electrons. The van der Waals surface area contributed by atoms with Crippen LogP contribution in [0.25, 0.3) is 10.9 Å². The Morgan fingerprint density at radius 1 is 1.16 bits per heavy atom. The van der Waals surface area contributed by atoms with Gasteiger partial charge in [-0.15, -0.1) is 0 Å². The highest BCUT2D eigenvalue weighted by Gasteiger charge is 2.45. The molecule has 3 aromatic rings. The van der Waals surface area contributed by atoms with Crippen LogP contribution in [0.5, 0.6) is 23.1 Å². The SMILES string of the molecule is COc1cc2c(Oc3ccc4c(c3F)CC=C(C)N4)ncnc2cc1OCCCN1CC2(CCOC2)C1. The molecule has 3 aliphatic rings. The van der Waals surface area contributed by atoms with Crippen molar-refractivity contribution < 1.29 is 23.3 Å². The number of ether oxygens (including phenoxy) is 4. The number of aromatic nitrogens is 2. The number of hydrogen-bond donors (Lipinski definition) is 1. The van der Waals surface area contributed by atoms with E-state index in [0.29, 0.717) is 46.4 Å². The van der Waals surface area contributed by atoms with Gasteiger partial charge < -0.3 is 29.2 Å². The molecule has 1 N–H and O–H groups in total. The number of halogens is 1. The van der Waals surface area contributed by atoms with Gasteiger partial charge in [0, 0.05) is 54.7 Å². The number of rotatable bonds is 8. The van der Waals surface area contributed by atoms with Crippen LogP contribution >= 0.6 is 0 Å². The number of nitrogens with one attached hydrogen (secondary N) is 1. The molecule has 8 nitrogen and oxygen atoms in total. The van der Waals surface area contributed by atoms with E-state index in [1.807, 2.05) is 25.1 Å². The number of allylic oxidation sites excluding steroid dienone is 2. The predicted molar refractivity (Wildman–Crippen MR) is 138 cm³/mol. The molecule has 1 spiro atoms. The Balaban J connectivity index is 1.14. The summed E-state index contributed by atoms with van der Waals surface area (Å²) in [7, 11) is 1.59. The highest BCUT2D eigenvalue weighted by Crippen LogP contribution is 2.39. The smallest absolute Gasteiger partial charge is 0.230 e. The van der Waals surface area contributed by atoms with Crippen LogP contribution in [0, 0.1) is 11.2 Å². The summed E-state index contributed by atoms with van der Waals surface area (Å²) in [5, 5.41) is 3.80. The Morgan fingerprint density at radius 2 is 2.05 bits per heavy atom. The van der Waals surface area contributed by atoms with E-state index in [-0.39, 0.29) is 11.6 Å². The second-order valence-electron chi connectivity index (χ2n) is 10.1. The first kappa shape index (κ1) is 23.9. The Kier molecular flexibility index (Phi) is 6.34. The predicted octanol–water partition coefficient (Wildman–Crippen LogP) is 4.93. The quantitative estimate of drug-likeness (QED) is 0.431. The maximum atomic E-state index is 15.2. The Bertz CT molecular complexity index is 1350. The van der Waals surface area contributed by atoms with E-state index in [2.05, 4.69) is 20.2 Å². The molecule has 0 amide bonds. The van der Waals surface area contributed by atoms with Crippen LogP contribution in [0.3, 0.4) is 0 Å². The summed E-state index contributed by atoms with van der Waals surface area (Å²) in [4.78, 5) is 11.1. The second-order valence-corrected chi connectivity index (χ2v) is 10.1. The third-order valence-corrected chi connectivity index (χ3v) is 7.42. The van der Waals surface area contributed by atoms with Gasteiger partial charge in [0.15, 0.2) is 23.1 Å². The molecule has 0 radical (unpaired) electrons. The van der Waals surface area contributed by atoms with E-state index in [1.165, 1.54) is 12.7 Å². The van der Waals surface area contributed by atoms with Gasteiger partial charge in [-0.1, -0.05) is 6.08 Å². The molecule has 0 saturated carbocycles. The van der Waals surface area contributed by atoms with Crippen LogP contribution in [0.1, 0.15) is 25.3 Å². The largest absolute Gasteiger partial charge is 0.493 e. The summed E-state index contributed by atoms with van der Waals surface area (Å²) in [6.45, 7) is 7.54. The van der Waals surface area contributed by atoms with Crippen molar-refractivity contribution in [1.29, 1.82) is 0 Å². The van der Waals surface area contributed by atoms with Crippen molar-refractivity contribution >= 4 is 16.6 Å². The molecular weight excluding hydrogens is 475 g/mol. The molecular formula is C28H31FN4O4. The molecule has 2 aromatic carbocycles. The zero-order chi connectivity index (χ0) is 25.4. The maximum Gasteiger partial charge on any atom is 0.230 e. The fourth-order valence-electron chi connectivity index (χ4n) is 5.44. The zero-order valence-electron chi connectivity index (χ0n) is 21.2. The van der Waals surface area contributed by atoms with Crippen LogP contribution in [-0.2, 0) is 11.2 Å². The molecule has 3 aliphatic heterocycles. The lowest BCUT2D eigenvalue weighted by Gasteiger charge is -2.47. The molecule has 6 rings (SSSR count). The number of methoxy groups -OCH3 is 1. The van der Waals surface area contributed by atoms with Crippen molar-refractivity contribution in [2.45, 2.75) is 26.2 Å². The van der Waals surface area contributed by atoms with E-state index in [1.54, 1.807) is 19.2 Å². The summed E-state index contributed by atoms with van der Waals surface area (Å²) in [6.07, 6.45) is 5.95. The molecule has 4 heterocycles. The molecule has 37 heavy (non-hydrogen) atoms. The van der Waals surface area contributed by atoms with E-state index < -0.39 is 5.82 Å². The molecule has 0 aliphatic carbocycles. The number of fused-ring (bicyclic) bond motifs is 2. The molecule has 9 heteroatoms. The average Bonchev–Trinajstić information content (AvgIpc) is 3.38. The highest BCUT2D eigenvalue weighted by atomic mass is 19.1. The van der Waals surface area contributed by atoms with Crippen LogP contribution in [0.4, 0.5) is 10.1 Å². The molecule has 0 atom stereocenters. The van der Waals surface area contributed by atoms with Crippen molar-refractivity contribution in [1.82, 2.24) is 14.9 Å². The molecule has 1 aromatic heterocycles. The zero-order valence-corrected chi connectivity index (χ0v) is 21.2. The number of nitrogens with zero attached hydrogens (tertiary/aromatic N) is 3. The third kappa shape index (κ3) is 4.69. The lowest BCUT2D eigenvalue weighted by atomic mass is 9.79. The van der Waals surface area contributed by atoms with Crippen LogP contribution < -0.4 is 19.5 Å². The van der Waals surface area contributed by atoms with Gasteiger partial charge in [0.05, 0.1) is 31.2 Å². The molecule has 2 saturated heterocycles. The lowest BCUT2D eigenvalue weighted by Crippen LogP contribution is -2.56. The van der Waals surface area contributed by atoms with Gasteiger partial charge in [-0.3, -0.25) is 0 Å². The van der Waals surface area contributed by atoms with Gasteiger partial charge in [0.25, 0.3) is 0 Å². The first-order valence-corrected chi connectivity index (χ1v) is 12.7. The van der Waals surface area contributed by atoms with Gasteiger partial charge in [-0.2, -0.15) is 0 Å². The number of likely N-dealkylation sites (tertiary alicyclic amines) is 1. The van der Waals surface area contributed by atoms with Crippen molar-refractivity contribution in [2.75, 3.05) is 51.9 Å². The number of benzene rings is 2. The summed E-state index contributed by atoms with van der Waals surface area (Å²) >= 11 is 0. The normalized spacial score (nSPS) is 18.2. The fourth-order valence-corrected chi connectivity index (χ4v) is 5.44. The second kappa shape index (κ2) is 9.79. The summed E-state index contributed by atoms with van der Waals surface area (Å²) in [5.74, 6) is 1.13. The average molecular weight is 507 g/mol. The highest BCUT2D eigenvalue weighted by molar-refractivity contribution is 5.87. The van der Waals surface area contributed by atoms with Crippen LogP contribution in [-0.4, -0.2) is 61.4 Å². The fraction of sp³-hybridized carbons (Fsp3) is 0.429. The first-order chi connectivity index (χ1) is 18.0. The van der Waals surface area contributed by atoms with Gasteiger partial charge in [-0.25, -0.2) is 14.4 Å². The Morgan fingerprint density at radius 3 is 2.86 bits per heavy atom. The first-order valence-electron chi connectivity index (χ1n) is 12.7. The molecule has 0 bridgehead atoms. The molecule has 0 unspecified atom stereocenters. The lowest BCUT2D eigenvalue weighted by molar-refractivity contribution is -0.00891. The maximum absolute atomic E-state index is 15.2. The minimum absolute atomic E-state index is 0.115. The Labute approximate surface area is 215 Å². The monoisotopic (exact) mass is 506 g/mol. The number of anilines is 1.